The highest BCUT2D eigenvalue weighted by Crippen LogP contribution is 2.15. The summed E-state index contributed by atoms with van der Waals surface area (Å²) in [5.74, 6) is 0. The van der Waals surface area contributed by atoms with E-state index in [4.69, 9.17) is 16.3 Å². The molecule has 1 aliphatic rings. The van der Waals surface area contributed by atoms with Crippen molar-refractivity contribution in [1.29, 1.82) is 0 Å². The predicted molar refractivity (Wildman–Crippen MR) is 91.4 cm³/mol. The summed E-state index contributed by atoms with van der Waals surface area (Å²) in [6.07, 6.45) is 2.10. The lowest BCUT2D eigenvalue weighted by atomic mass is 10.2. The Kier molecular flexibility index (Phi) is 4.62. The molecule has 1 aromatic carbocycles. The summed E-state index contributed by atoms with van der Waals surface area (Å²) in [6, 6.07) is 7.62. The van der Waals surface area contributed by atoms with E-state index in [1.54, 1.807) is 21.3 Å². The summed E-state index contributed by atoms with van der Waals surface area (Å²) in [5, 5.41) is 0.662. The molecule has 0 N–H and O–H groups in total. The van der Waals surface area contributed by atoms with Crippen molar-refractivity contribution in [1.82, 2.24) is 14.0 Å². The molecule has 2 atom stereocenters. The number of benzene rings is 1. The average molecular weight is 336 g/mol. The molecule has 2 aromatic rings. The van der Waals surface area contributed by atoms with Gasteiger partial charge < -0.3 is 4.74 Å². The fourth-order valence-electron chi connectivity index (χ4n) is 2.99. The Bertz CT molecular complexity index is 735. The number of aryl methyl sites for hydroxylation is 1. The van der Waals surface area contributed by atoms with Crippen molar-refractivity contribution in [3.63, 3.8) is 0 Å². The summed E-state index contributed by atoms with van der Waals surface area (Å²) in [7, 11) is 0. The minimum absolute atomic E-state index is 0.0313. The highest BCUT2D eigenvalue weighted by atomic mass is 35.5. The summed E-state index contributed by atoms with van der Waals surface area (Å²) in [6.45, 7) is 8.24. The molecule has 0 amide bonds. The maximum absolute atomic E-state index is 12.8. The van der Waals surface area contributed by atoms with Gasteiger partial charge in [-0.15, -0.1) is 0 Å². The van der Waals surface area contributed by atoms with Gasteiger partial charge in [-0.05, 0) is 45.0 Å². The smallest absolute Gasteiger partial charge is 0.334 e. The topological polar surface area (TPSA) is 39.4 Å². The van der Waals surface area contributed by atoms with Crippen molar-refractivity contribution in [2.45, 2.75) is 39.6 Å². The minimum Gasteiger partial charge on any atom is -0.376 e. The Morgan fingerprint density at radius 1 is 1.26 bits per heavy atom. The van der Waals surface area contributed by atoms with Crippen LogP contribution in [0, 0.1) is 6.92 Å². The number of hydrogen-bond acceptors (Lipinski definition) is 3. The predicted octanol–water partition coefficient (Wildman–Crippen LogP) is 2.67. The van der Waals surface area contributed by atoms with E-state index < -0.39 is 0 Å². The zero-order valence-corrected chi connectivity index (χ0v) is 14.5. The summed E-state index contributed by atoms with van der Waals surface area (Å²) >= 11 is 5.93. The highest BCUT2D eigenvalue weighted by Gasteiger charge is 2.24. The third kappa shape index (κ3) is 3.37. The Morgan fingerprint density at radius 2 is 1.96 bits per heavy atom. The van der Waals surface area contributed by atoms with Crippen molar-refractivity contribution in [2.24, 2.45) is 0 Å². The molecule has 2 unspecified atom stereocenters. The van der Waals surface area contributed by atoms with Crippen LogP contribution in [0.2, 0.25) is 5.02 Å². The van der Waals surface area contributed by atoms with Gasteiger partial charge in [0.1, 0.15) is 0 Å². The number of aromatic nitrogens is 2. The van der Waals surface area contributed by atoms with Gasteiger partial charge in [-0.1, -0.05) is 11.6 Å². The highest BCUT2D eigenvalue weighted by molar-refractivity contribution is 6.30. The van der Waals surface area contributed by atoms with Crippen LogP contribution in [0.25, 0.3) is 5.69 Å². The van der Waals surface area contributed by atoms with Crippen molar-refractivity contribution < 1.29 is 4.74 Å². The van der Waals surface area contributed by atoms with E-state index >= 15 is 0 Å². The lowest BCUT2D eigenvalue weighted by molar-refractivity contribution is -0.0612. The number of rotatable bonds is 3. The molecule has 1 fully saturated rings. The number of ether oxygens (including phenoxy) is 1. The third-order valence-corrected chi connectivity index (χ3v) is 4.54. The number of imidazole rings is 1. The van der Waals surface area contributed by atoms with Gasteiger partial charge in [0, 0.05) is 29.5 Å². The average Bonchev–Trinajstić information content (AvgIpc) is 2.79. The van der Waals surface area contributed by atoms with Crippen molar-refractivity contribution in [3.8, 4) is 5.69 Å². The summed E-state index contributed by atoms with van der Waals surface area (Å²) < 4.78 is 9.13. The Labute approximate surface area is 141 Å². The number of halogens is 1. The molecule has 5 nitrogen and oxygen atoms in total. The quantitative estimate of drug-likeness (QED) is 0.865. The van der Waals surface area contributed by atoms with Gasteiger partial charge in [0.15, 0.2) is 0 Å². The number of morpholine rings is 1. The Morgan fingerprint density at radius 3 is 2.65 bits per heavy atom. The Balaban J connectivity index is 1.89. The molecule has 3 rings (SSSR count). The van der Waals surface area contributed by atoms with Crippen LogP contribution in [0.5, 0.6) is 0 Å². The molecular weight excluding hydrogens is 314 g/mol. The largest absolute Gasteiger partial charge is 0.376 e. The lowest BCUT2D eigenvalue weighted by Crippen LogP contribution is -2.48. The molecule has 1 saturated heterocycles. The molecule has 2 heterocycles. The molecule has 0 saturated carbocycles. The van der Waals surface area contributed by atoms with Gasteiger partial charge >= 0.3 is 5.69 Å². The van der Waals surface area contributed by atoms with Gasteiger partial charge in [-0.25, -0.2) is 4.79 Å². The molecule has 23 heavy (non-hydrogen) atoms. The van der Waals surface area contributed by atoms with E-state index in [9.17, 15) is 4.79 Å². The first-order valence-corrected chi connectivity index (χ1v) is 8.24. The van der Waals surface area contributed by atoms with Crippen LogP contribution < -0.4 is 5.69 Å². The monoisotopic (exact) mass is 335 g/mol. The second-order valence-corrected chi connectivity index (χ2v) is 6.68. The van der Waals surface area contributed by atoms with Crippen molar-refractivity contribution >= 4 is 11.6 Å². The zero-order chi connectivity index (χ0) is 16.6. The van der Waals surface area contributed by atoms with Gasteiger partial charge in [0.05, 0.1) is 25.1 Å². The summed E-state index contributed by atoms with van der Waals surface area (Å²) in [5.41, 5.74) is 1.71. The molecule has 124 valence electrons. The van der Waals surface area contributed by atoms with Crippen molar-refractivity contribution in [3.05, 3.63) is 51.7 Å². The van der Waals surface area contributed by atoms with Gasteiger partial charge in [0.2, 0.25) is 0 Å². The molecule has 6 heteroatoms. The van der Waals surface area contributed by atoms with E-state index in [2.05, 4.69) is 18.7 Å². The van der Waals surface area contributed by atoms with Crippen LogP contribution in [0.3, 0.4) is 0 Å². The number of hydrogen-bond donors (Lipinski definition) is 0. The molecule has 0 bridgehead atoms. The fraction of sp³-hybridized carbons (Fsp3) is 0.471. The van der Waals surface area contributed by atoms with E-state index in [-0.39, 0.29) is 11.8 Å². The molecule has 1 aliphatic heterocycles. The molecule has 0 radical (unpaired) electrons. The van der Waals surface area contributed by atoms with Gasteiger partial charge in [0.25, 0.3) is 0 Å². The normalized spacial score (nSPS) is 22.4. The number of nitrogens with zero attached hydrogens (tertiary/aromatic N) is 3. The van der Waals surface area contributed by atoms with Crippen LogP contribution in [0.1, 0.15) is 19.5 Å². The first kappa shape index (κ1) is 16.3. The van der Waals surface area contributed by atoms with Crippen LogP contribution in [-0.2, 0) is 11.4 Å². The second kappa shape index (κ2) is 6.51. The van der Waals surface area contributed by atoms with E-state index in [0.29, 0.717) is 24.3 Å². The Hall–Kier alpha value is -1.56. The van der Waals surface area contributed by atoms with E-state index in [1.807, 2.05) is 25.3 Å². The summed E-state index contributed by atoms with van der Waals surface area (Å²) in [4.78, 5) is 15.1. The molecule has 0 spiro atoms. The lowest BCUT2D eigenvalue weighted by Gasteiger charge is -2.36. The SMILES string of the molecule is Cc1cn(CN2CC(C)OCC2C)c(=O)n1-c1ccc(Cl)cc1. The van der Waals surface area contributed by atoms with Crippen LogP contribution >= 0.6 is 11.6 Å². The first-order chi connectivity index (χ1) is 11.0. The maximum atomic E-state index is 12.8. The molecular formula is C17H22ClN3O2. The molecule has 0 aliphatic carbocycles. The van der Waals surface area contributed by atoms with Crippen molar-refractivity contribution in [2.75, 3.05) is 13.2 Å². The van der Waals surface area contributed by atoms with E-state index in [1.165, 1.54) is 0 Å². The minimum atomic E-state index is -0.0313. The fourth-order valence-corrected chi connectivity index (χ4v) is 3.11. The van der Waals surface area contributed by atoms with Crippen LogP contribution in [-0.4, -0.2) is 39.3 Å². The van der Waals surface area contributed by atoms with Crippen LogP contribution in [0.4, 0.5) is 0 Å². The first-order valence-electron chi connectivity index (χ1n) is 7.86. The zero-order valence-electron chi connectivity index (χ0n) is 13.7. The second-order valence-electron chi connectivity index (χ2n) is 6.24. The maximum Gasteiger partial charge on any atom is 0.334 e. The van der Waals surface area contributed by atoms with Gasteiger partial charge in [-0.2, -0.15) is 0 Å². The van der Waals surface area contributed by atoms with Crippen LogP contribution in [0.15, 0.2) is 35.3 Å². The third-order valence-electron chi connectivity index (χ3n) is 4.29. The standard InChI is InChI=1S/C17H22ClN3O2/c1-12-8-20(11-19-9-14(3)23-10-13(19)2)17(22)21(12)16-6-4-15(18)5-7-16/h4-8,13-14H,9-11H2,1-3H3. The molecule has 1 aromatic heterocycles. The van der Waals surface area contributed by atoms with Gasteiger partial charge in [-0.3, -0.25) is 14.0 Å². The van der Waals surface area contributed by atoms with E-state index in [0.717, 1.165) is 17.9 Å².